The van der Waals surface area contributed by atoms with Crippen molar-refractivity contribution in [1.29, 1.82) is 0 Å². The van der Waals surface area contributed by atoms with Crippen LogP contribution < -0.4 is 14.8 Å². The Balaban J connectivity index is 1.67. The van der Waals surface area contributed by atoms with Crippen LogP contribution in [0.1, 0.15) is 24.9 Å². The average molecular weight is 337 g/mol. The molecule has 1 aromatic heterocycles. The summed E-state index contributed by atoms with van der Waals surface area (Å²) in [7, 11) is 0. The lowest BCUT2D eigenvalue weighted by Gasteiger charge is -2.14. The van der Waals surface area contributed by atoms with Gasteiger partial charge >= 0.3 is 0 Å². The molecular weight excluding hydrogens is 320 g/mol. The van der Waals surface area contributed by atoms with Gasteiger partial charge in [-0.1, -0.05) is 11.6 Å². The van der Waals surface area contributed by atoms with Gasteiger partial charge in [-0.3, -0.25) is 4.79 Å². The maximum Gasteiger partial charge on any atom is 0.244 e. The number of benzene rings is 1. The summed E-state index contributed by atoms with van der Waals surface area (Å²) in [5.74, 6) is 1.03. The predicted molar refractivity (Wildman–Crippen MR) is 83.6 cm³/mol. The topological polar surface area (TPSA) is 78.3 Å². The number of carbonyl (C=O) groups is 1. The minimum absolute atomic E-state index is 0.154. The Morgan fingerprint density at radius 3 is 3.04 bits per heavy atom. The van der Waals surface area contributed by atoms with Crippen molar-refractivity contribution in [2.24, 2.45) is 0 Å². The first-order valence-electron chi connectivity index (χ1n) is 7.35. The quantitative estimate of drug-likeness (QED) is 0.923. The van der Waals surface area contributed by atoms with Crippen LogP contribution in [0.25, 0.3) is 0 Å². The van der Waals surface area contributed by atoms with E-state index in [1.807, 2.05) is 6.07 Å². The Kier molecular flexibility index (Phi) is 4.66. The molecule has 0 radical (unpaired) electrons. The van der Waals surface area contributed by atoms with Crippen molar-refractivity contribution < 1.29 is 14.3 Å². The fraction of sp³-hybridized carbons (Fsp3) is 0.400. The molecule has 1 atom stereocenters. The van der Waals surface area contributed by atoms with Gasteiger partial charge in [0.25, 0.3) is 0 Å². The largest absolute Gasteiger partial charge is 0.489 e. The van der Waals surface area contributed by atoms with Gasteiger partial charge in [0.15, 0.2) is 11.5 Å². The van der Waals surface area contributed by atoms with Crippen molar-refractivity contribution in [2.45, 2.75) is 25.9 Å². The summed E-state index contributed by atoms with van der Waals surface area (Å²) in [4.78, 5) is 16.0. The second-order valence-corrected chi connectivity index (χ2v) is 5.63. The zero-order valence-corrected chi connectivity index (χ0v) is 13.4. The molecule has 122 valence electrons. The molecule has 1 aromatic carbocycles. The summed E-state index contributed by atoms with van der Waals surface area (Å²) < 4.78 is 12.7. The molecule has 1 aliphatic rings. The van der Waals surface area contributed by atoms with Crippen LogP contribution in [-0.4, -0.2) is 33.9 Å². The van der Waals surface area contributed by atoms with E-state index in [0.717, 1.165) is 12.0 Å². The number of aromatic nitrogens is 3. The Morgan fingerprint density at radius 2 is 2.26 bits per heavy atom. The van der Waals surface area contributed by atoms with E-state index in [9.17, 15) is 4.79 Å². The molecular formula is C15H17ClN4O3. The van der Waals surface area contributed by atoms with Crippen molar-refractivity contribution in [2.75, 3.05) is 13.2 Å². The first kappa shape index (κ1) is 15.6. The molecule has 0 fully saturated rings. The van der Waals surface area contributed by atoms with Crippen LogP contribution >= 0.6 is 11.6 Å². The summed E-state index contributed by atoms with van der Waals surface area (Å²) >= 11 is 6.24. The number of amides is 1. The number of nitrogens with zero attached hydrogens (tertiary/aromatic N) is 3. The van der Waals surface area contributed by atoms with E-state index in [1.165, 1.54) is 17.3 Å². The number of ether oxygens (including phenoxy) is 2. The van der Waals surface area contributed by atoms with Gasteiger partial charge in [0.05, 0.1) is 18.2 Å². The van der Waals surface area contributed by atoms with Gasteiger partial charge in [0, 0.05) is 13.0 Å². The first-order chi connectivity index (χ1) is 11.1. The van der Waals surface area contributed by atoms with Crippen LogP contribution in [0.15, 0.2) is 24.8 Å². The molecule has 3 rings (SSSR count). The van der Waals surface area contributed by atoms with Crippen molar-refractivity contribution in [3.8, 4) is 11.5 Å². The van der Waals surface area contributed by atoms with Crippen LogP contribution in [0, 0.1) is 0 Å². The van der Waals surface area contributed by atoms with Crippen LogP contribution in [0.5, 0.6) is 11.5 Å². The summed E-state index contributed by atoms with van der Waals surface area (Å²) in [6, 6.07) is 3.18. The van der Waals surface area contributed by atoms with Crippen molar-refractivity contribution >= 4 is 17.5 Å². The molecule has 23 heavy (non-hydrogen) atoms. The van der Waals surface area contributed by atoms with Crippen LogP contribution in [0.4, 0.5) is 0 Å². The molecule has 0 saturated heterocycles. The highest BCUT2D eigenvalue weighted by atomic mass is 35.5. The molecule has 1 aliphatic heterocycles. The Bertz CT molecular complexity index is 690. The van der Waals surface area contributed by atoms with Crippen LogP contribution in [0.2, 0.25) is 5.02 Å². The molecule has 0 saturated carbocycles. The zero-order valence-electron chi connectivity index (χ0n) is 12.7. The minimum Gasteiger partial charge on any atom is -0.489 e. The number of hydrogen-bond acceptors (Lipinski definition) is 5. The molecule has 7 nitrogen and oxygen atoms in total. The third-order valence-corrected chi connectivity index (χ3v) is 3.82. The molecule has 2 heterocycles. The van der Waals surface area contributed by atoms with Gasteiger partial charge in [-0.25, -0.2) is 9.67 Å². The molecule has 0 unspecified atom stereocenters. The molecule has 2 aromatic rings. The standard InChI is InChI=1S/C15H17ClN4O3/c1-10(20-9-17-8-19-20)15(21)18-7-11-5-12(16)14-13(6-11)22-3-2-4-23-14/h5-6,8-10H,2-4,7H2,1H3,(H,18,21)/t10-/m1/s1. The lowest BCUT2D eigenvalue weighted by molar-refractivity contribution is -0.124. The van der Waals surface area contributed by atoms with E-state index in [2.05, 4.69) is 15.4 Å². The van der Waals surface area contributed by atoms with Crippen molar-refractivity contribution in [1.82, 2.24) is 20.1 Å². The molecule has 1 amide bonds. The highest BCUT2D eigenvalue weighted by molar-refractivity contribution is 6.32. The average Bonchev–Trinajstić information content (AvgIpc) is 2.97. The SMILES string of the molecule is C[C@H](C(=O)NCc1cc(Cl)c2c(c1)OCCCO2)n1cncn1. The zero-order chi connectivity index (χ0) is 16.2. The Labute approximate surface area is 138 Å². The monoisotopic (exact) mass is 336 g/mol. The molecule has 0 aliphatic carbocycles. The lowest BCUT2D eigenvalue weighted by Crippen LogP contribution is -2.30. The third-order valence-electron chi connectivity index (χ3n) is 3.54. The normalized spacial score (nSPS) is 14.9. The van der Waals surface area contributed by atoms with Gasteiger partial charge in [-0.15, -0.1) is 0 Å². The summed E-state index contributed by atoms with van der Waals surface area (Å²) in [5, 5.41) is 7.30. The molecule has 0 spiro atoms. The maximum absolute atomic E-state index is 12.2. The van der Waals surface area contributed by atoms with E-state index in [4.69, 9.17) is 21.1 Å². The summed E-state index contributed by atoms with van der Waals surface area (Å²) in [6.07, 6.45) is 3.72. The van der Waals surface area contributed by atoms with Gasteiger partial charge in [0.2, 0.25) is 5.91 Å². The van der Waals surface area contributed by atoms with E-state index in [0.29, 0.717) is 36.3 Å². The van der Waals surface area contributed by atoms with Crippen molar-refractivity contribution in [3.63, 3.8) is 0 Å². The summed E-state index contributed by atoms with van der Waals surface area (Å²) in [5.41, 5.74) is 0.846. The van der Waals surface area contributed by atoms with E-state index in [1.54, 1.807) is 13.0 Å². The number of rotatable bonds is 4. The Morgan fingerprint density at radius 1 is 1.43 bits per heavy atom. The van der Waals surface area contributed by atoms with E-state index in [-0.39, 0.29) is 5.91 Å². The lowest BCUT2D eigenvalue weighted by atomic mass is 10.2. The number of nitrogens with one attached hydrogen (secondary N) is 1. The third kappa shape index (κ3) is 3.56. The maximum atomic E-state index is 12.2. The predicted octanol–water partition coefficient (Wildman–Crippen LogP) is 1.97. The van der Waals surface area contributed by atoms with E-state index >= 15 is 0 Å². The van der Waals surface area contributed by atoms with Crippen molar-refractivity contribution in [3.05, 3.63) is 35.4 Å². The molecule has 8 heteroatoms. The fourth-order valence-electron chi connectivity index (χ4n) is 2.26. The number of fused-ring (bicyclic) bond motifs is 1. The smallest absolute Gasteiger partial charge is 0.244 e. The first-order valence-corrected chi connectivity index (χ1v) is 7.73. The van der Waals surface area contributed by atoms with Crippen LogP contribution in [0.3, 0.4) is 0 Å². The van der Waals surface area contributed by atoms with Crippen LogP contribution in [-0.2, 0) is 11.3 Å². The van der Waals surface area contributed by atoms with E-state index < -0.39 is 6.04 Å². The highest BCUT2D eigenvalue weighted by Crippen LogP contribution is 2.37. The molecule has 1 N–H and O–H groups in total. The number of hydrogen-bond donors (Lipinski definition) is 1. The van der Waals surface area contributed by atoms with Gasteiger partial charge in [-0.2, -0.15) is 5.10 Å². The second kappa shape index (κ2) is 6.87. The van der Waals surface area contributed by atoms with Gasteiger partial charge in [0.1, 0.15) is 18.7 Å². The van der Waals surface area contributed by atoms with Gasteiger partial charge in [-0.05, 0) is 24.6 Å². The Hall–Kier alpha value is -2.28. The molecule has 0 bridgehead atoms. The number of halogens is 1. The fourth-order valence-corrected chi connectivity index (χ4v) is 2.55. The highest BCUT2D eigenvalue weighted by Gasteiger charge is 2.18. The second-order valence-electron chi connectivity index (χ2n) is 5.22. The summed E-state index contributed by atoms with van der Waals surface area (Å²) in [6.45, 7) is 3.26. The minimum atomic E-state index is -0.437. The number of carbonyl (C=O) groups excluding carboxylic acids is 1. The van der Waals surface area contributed by atoms with Gasteiger partial charge < -0.3 is 14.8 Å².